The zero-order valence-corrected chi connectivity index (χ0v) is 15.5. The number of esters is 1. The lowest BCUT2D eigenvalue weighted by molar-refractivity contribution is -0.137. The van der Waals surface area contributed by atoms with Crippen LogP contribution in [0.25, 0.3) is 17.2 Å². The maximum Gasteiger partial charge on any atom is 0.419 e. The number of fused-ring (bicyclic) bond motifs is 2. The summed E-state index contributed by atoms with van der Waals surface area (Å²) in [5.41, 5.74) is 1.95. The third-order valence-electron chi connectivity index (χ3n) is 4.21. The van der Waals surface area contributed by atoms with Gasteiger partial charge < -0.3 is 18.6 Å². The van der Waals surface area contributed by atoms with Crippen LogP contribution in [0.4, 0.5) is 0 Å². The second-order valence-electron chi connectivity index (χ2n) is 6.08. The molecular weight excluding hydrogens is 386 g/mol. The molecule has 0 fully saturated rings. The number of benzene rings is 2. The van der Waals surface area contributed by atoms with Crippen LogP contribution in [0.3, 0.4) is 0 Å². The summed E-state index contributed by atoms with van der Waals surface area (Å²) in [4.78, 5) is 23.8. The molecule has 2 heterocycles. The fourth-order valence-corrected chi connectivity index (χ4v) is 3.19. The van der Waals surface area contributed by atoms with Gasteiger partial charge in [0, 0.05) is 12.6 Å². The molecule has 0 N–H and O–H groups in total. The Kier molecular flexibility index (Phi) is 5.08. The number of oxazole rings is 1. The Morgan fingerprint density at radius 3 is 3.00 bits per heavy atom. The van der Waals surface area contributed by atoms with Crippen LogP contribution in [0.1, 0.15) is 12.0 Å². The lowest BCUT2D eigenvalue weighted by Gasteiger charge is -2.04. The molecule has 8 heteroatoms. The van der Waals surface area contributed by atoms with Gasteiger partial charge in [-0.15, -0.1) is 0 Å². The second kappa shape index (κ2) is 7.82. The van der Waals surface area contributed by atoms with E-state index in [9.17, 15) is 9.59 Å². The first-order valence-corrected chi connectivity index (χ1v) is 9.02. The molecule has 144 valence electrons. The number of carbonyl (C=O) groups is 1. The highest BCUT2D eigenvalue weighted by Gasteiger charge is 2.17. The van der Waals surface area contributed by atoms with Gasteiger partial charge in [-0.3, -0.25) is 4.57 Å². The van der Waals surface area contributed by atoms with Crippen molar-refractivity contribution in [2.45, 2.75) is 13.0 Å². The molecule has 1 aromatic heterocycles. The number of rotatable bonds is 6. The van der Waals surface area contributed by atoms with Gasteiger partial charge in [0.05, 0.1) is 17.1 Å². The molecule has 7 nitrogen and oxygen atoms in total. The maximum atomic E-state index is 11.9. The van der Waals surface area contributed by atoms with E-state index in [1.165, 1.54) is 10.6 Å². The van der Waals surface area contributed by atoms with E-state index >= 15 is 0 Å². The molecule has 0 amide bonds. The SMILES string of the molecule is O=C(/C=C/c1cc(Cl)c2c(c1)OCO2)OCCCn1c(=O)oc2ccccc21. The molecule has 2 aromatic carbocycles. The van der Waals surface area contributed by atoms with Crippen molar-refractivity contribution >= 4 is 34.7 Å². The van der Waals surface area contributed by atoms with Gasteiger partial charge in [0.2, 0.25) is 6.79 Å². The summed E-state index contributed by atoms with van der Waals surface area (Å²) in [5.74, 6) is 0.131. The Balaban J connectivity index is 1.30. The Labute approximate surface area is 164 Å². The lowest BCUT2D eigenvalue weighted by Crippen LogP contribution is -2.15. The Bertz CT molecular complexity index is 1110. The Morgan fingerprint density at radius 2 is 2.11 bits per heavy atom. The zero-order chi connectivity index (χ0) is 19.5. The van der Waals surface area contributed by atoms with Crippen molar-refractivity contribution in [2.75, 3.05) is 13.4 Å². The molecule has 0 saturated carbocycles. The van der Waals surface area contributed by atoms with Gasteiger partial charge in [-0.2, -0.15) is 0 Å². The van der Waals surface area contributed by atoms with Crippen molar-refractivity contribution in [3.8, 4) is 11.5 Å². The number of nitrogens with zero attached hydrogens (tertiary/aromatic N) is 1. The number of hydrogen-bond acceptors (Lipinski definition) is 6. The summed E-state index contributed by atoms with van der Waals surface area (Å²) in [7, 11) is 0. The topological polar surface area (TPSA) is 79.9 Å². The van der Waals surface area contributed by atoms with Crippen molar-refractivity contribution < 1.29 is 23.4 Å². The van der Waals surface area contributed by atoms with Crippen LogP contribution in [0.5, 0.6) is 11.5 Å². The predicted octanol–water partition coefficient (Wildman–Crippen LogP) is 3.62. The summed E-state index contributed by atoms with van der Waals surface area (Å²) in [5, 5.41) is 0.417. The quantitative estimate of drug-likeness (QED) is 0.356. The van der Waals surface area contributed by atoms with E-state index in [-0.39, 0.29) is 13.4 Å². The molecule has 3 aromatic rings. The average molecular weight is 402 g/mol. The number of para-hydroxylation sites is 2. The maximum absolute atomic E-state index is 11.9. The standard InChI is InChI=1S/C20H16ClNO6/c21-14-10-13(11-17-19(14)27-12-26-17)6-7-18(23)25-9-3-8-22-15-4-1-2-5-16(15)28-20(22)24/h1-2,4-7,10-11H,3,8-9,12H2/b7-6+. The van der Waals surface area contributed by atoms with Gasteiger partial charge in [-0.1, -0.05) is 23.7 Å². The number of hydrogen-bond donors (Lipinski definition) is 0. The van der Waals surface area contributed by atoms with Gasteiger partial charge >= 0.3 is 11.7 Å². The molecule has 0 bridgehead atoms. The molecule has 0 unspecified atom stereocenters. The molecule has 0 saturated heterocycles. The first-order chi connectivity index (χ1) is 13.6. The van der Waals surface area contributed by atoms with Gasteiger partial charge in [-0.25, -0.2) is 9.59 Å². The van der Waals surface area contributed by atoms with Crippen LogP contribution < -0.4 is 15.2 Å². The van der Waals surface area contributed by atoms with E-state index in [2.05, 4.69) is 0 Å². The molecule has 4 rings (SSSR count). The van der Waals surface area contributed by atoms with E-state index in [1.807, 2.05) is 12.1 Å². The van der Waals surface area contributed by atoms with E-state index < -0.39 is 11.7 Å². The molecule has 28 heavy (non-hydrogen) atoms. The van der Waals surface area contributed by atoms with Crippen molar-refractivity contribution in [1.82, 2.24) is 4.57 Å². The molecule has 0 atom stereocenters. The smallest absolute Gasteiger partial charge is 0.419 e. The van der Waals surface area contributed by atoms with Crippen molar-refractivity contribution in [2.24, 2.45) is 0 Å². The third-order valence-corrected chi connectivity index (χ3v) is 4.49. The van der Waals surface area contributed by atoms with Gasteiger partial charge in [0.25, 0.3) is 0 Å². The third kappa shape index (κ3) is 3.75. The van der Waals surface area contributed by atoms with Gasteiger partial charge in [0.15, 0.2) is 17.1 Å². The number of ether oxygens (including phenoxy) is 3. The minimum absolute atomic E-state index is 0.124. The second-order valence-corrected chi connectivity index (χ2v) is 6.49. The number of aryl methyl sites for hydroxylation is 1. The fourth-order valence-electron chi connectivity index (χ4n) is 2.92. The summed E-state index contributed by atoms with van der Waals surface area (Å²) in [6, 6.07) is 10.6. The molecule has 0 spiro atoms. The minimum atomic E-state index is -0.488. The van der Waals surface area contributed by atoms with Crippen molar-refractivity contribution in [1.29, 1.82) is 0 Å². The lowest BCUT2D eigenvalue weighted by atomic mass is 10.2. The van der Waals surface area contributed by atoms with Crippen molar-refractivity contribution in [3.63, 3.8) is 0 Å². The van der Waals surface area contributed by atoms with Crippen LogP contribution in [-0.2, 0) is 16.1 Å². The number of aromatic nitrogens is 1. The van der Waals surface area contributed by atoms with Gasteiger partial charge in [-0.05, 0) is 42.3 Å². The highest BCUT2D eigenvalue weighted by molar-refractivity contribution is 6.32. The average Bonchev–Trinajstić information content (AvgIpc) is 3.28. The zero-order valence-electron chi connectivity index (χ0n) is 14.7. The molecule has 0 aliphatic carbocycles. The monoisotopic (exact) mass is 401 g/mol. The number of halogens is 1. The minimum Gasteiger partial charge on any atom is -0.462 e. The van der Waals surface area contributed by atoms with Gasteiger partial charge in [0.1, 0.15) is 0 Å². The van der Waals surface area contributed by atoms with E-state index in [0.29, 0.717) is 40.6 Å². The first kappa shape index (κ1) is 18.2. The normalized spacial score (nSPS) is 12.8. The van der Waals surface area contributed by atoms with Crippen LogP contribution >= 0.6 is 11.6 Å². The Hall–Kier alpha value is -3.19. The number of carbonyl (C=O) groups excluding carboxylic acids is 1. The molecule has 1 aliphatic rings. The summed E-state index contributed by atoms with van der Waals surface area (Å²) in [6.07, 6.45) is 3.39. The van der Waals surface area contributed by atoms with Crippen LogP contribution in [0.2, 0.25) is 5.02 Å². The highest BCUT2D eigenvalue weighted by Crippen LogP contribution is 2.40. The van der Waals surface area contributed by atoms with E-state index in [1.54, 1.807) is 30.3 Å². The molecular formula is C20H16ClNO6. The van der Waals surface area contributed by atoms with E-state index in [0.717, 1.165) is 5.52 Å². The highest BCUT2D eigenvalue weighted by atomic mass is 35.5. The molecule has 1 aliphatic heterocycles. The van der Waals surface area contributed by atoms with Crippen molar-refractivity contribution in [3.05, 3.63) is 63.6 Å². The van der Waals surface area contributed by atoms with Crippen LogP contribution in [0.15, 0.2) is 51.7 Å². The Morgan fingerprint density at radius 1 is 1.25 bits per heavy atom. The summed E-state index contributed by atoms with van der Waals surface area (Å²) in [6.45, 7) is 0.695. The predicted molar refractivity (Wildman–Crippen MR) is 103 cm³/mol. The molecule has 0 radical (unpaired) electrons. The summed E-state index contributed by atoms with van der Waals surface area (Å²) >= 11 is 6.11. The van der Waals surface area contributed by atoms with E-state index in [4.69, 9.17) is 30.2 Å². The van der Waals surface area contributed by atoms with Crippen LogP contribution in [-0.4, -0.2) is 23.9 Å². The first-order valence-electron chi connectivity index (χ1n) is 8.64. The fraction of sp³-hybridized carbons (Fsp3) is 0.200. The largest absolute Gasteiger partial charge is 0.462 e. The van der Waals surface area contributed by atoms with Crippen LogP contribution in [0, 0.1) is 0 Å². The summed E-state index contributed by atoms with van der Waals surface area (Å²) < 4.78 is 22.4.